The molecule has 0 aliphatic rings. The standard InChI is InChI=1S/C18H19FN4/c1-3-23(4-2)17-13-9-5-7-11-15(13)20-18(22-17)21-16-12-8-6-10-14(16)19/h5-12H,3-4H2,1-2H3,(H,20,21,22). The van der Waals surface area contributed by atoms with Gasteiger partial charge in [-0.15, -0.1) is 0 Å². The molecule has 0 saturated heterocycles. The first kappa shape index (κ1) is 15.2. The van der Waals surface area contributed by atoms with E-state index in [9.17, 15) is 4.39 Å². The van der Waals surface area contributed by atoms with Gasteiger partial charge < -0.3 is 10.2 Å². The van der Waals surface area contributed by atoms with Gasteiger partial charge in [-0.3, -0.25) is 0 Å². The summed E-state index contributed by atoms with van der Waals surface area (Å²) < 4.78 is 13.9. The van der Waals surface area contributed by atoms with Crippen molar-refractivity contribution < 1.29 is 4.39 Å². The highest BCUT2D eigenvalue weighted by Gasteiger charge is 2.13. The van der Waals surface area contributed by atoms with Crippen molar-refractivity contribution in [3.05, 3.63) is 54.3 Å². The number of fused-ring (bicyclic) bond motifs is 1. The Kier molecular flexibility index (Phi) is 4.37. The maximum atomic E-state index is 13.9. The number of benzene rings is 2. The topological polar surface area (TPSA) is 41.1 Å². The Morgan fingerprint density at radius 2 is 1.65 bits per heavy atom. The molecule has 0 unspecified atom stereocenters. The normalized spacial score (nSPS) is 10.7. The molecule has 23 heavy (non-hydrogen) atoms. The van der Waals surface area contributed by atoms with Gasteiger partial charge in [-0.2, -0.15) is 4.98 Å². The van der Waals surface area contributed by atoms with Crippen LogP contribution in [0.3, 0.4) is 0 Å². The van der Waals surface area contributed by atoms with E-state index < -0.39 is 0 Å². The lowest BCUT2D eigenvalue weighted by molar-refractivity contribution is 0.631. The maximum absolute atomic E-state index is 13.9. The predicted octanol–water partition coefficient (Wildman–Crippen LogP) is 4.36. The van der Waals surface area contributed by atoms with Crippen molar-refractivity contribution in [2.45, 2.75) is 13.8 Å². The molecule has 1 heterocycles. The minimum atomic E-state index is -0.325. The Morgan fingerprint density at radius 3 is 2.39 bits per heavy atom. The summed E-state index contributed by atoms with van der Waals surface area (Å²) in [5.41, 5.74) is 1.21. The second-order valence-electron chi connectivity index (χ2n) is 5.17. The first-order chi connectivity index (χ1) is 11.2. The van der Waals surface area contributed by atoms with Gasteiger partial charge in [0.1, 0.15) is 11.6 Å². The molecule has 4 nitrogen and oxygen atoms in total. The molecule has 0 saturated carbocycles. The molecule has 0 radical (unpaired) electrons. The van der Waals surface area contributed by atoms with E-state index in [0.29, 0.717) is 11.6 Å². The van der Waals surface area contributed by atoms with Crippen molar-refractivity contribution in [2.24, 2.45) is 0 Å². The van der Waals surface area contributed by atoms with Crippen LogP contribution in [-0.4, -0.2) is 23.1 Å². The van der Waals surface area contributed by atoms with Gasteiger partial charge in [0, 0.05) is 18.5 Å². The van der Waals surface area contributed by atoms with Gasteiger partial charge in [0.05, 0.1) is 11.2 Å². The zero-order valence-electron chi connectivity index (χ0n) is 13.3. The van der Waals surface area contributed by atoms with E-state index in [4.69, 9.17) is 0 Å². The molecular formula is C18H19FN4. The van der Waals surface area contributed by atoms with Gasteiger partial charge >= 0.3 is 0 Å². The highest BCUT2D eigenvalue weighted by atomic mass is 19.1. The zero-order chi connectivity index (χ0) is 16.2. The molecular weight excluding hydrogens is 291 g/mol. The van der Waals surface area contributed by atoms with E-state index in [-0.39, 0.29) is 5.82 Å². The van der Waals surface area contributed by atoms with Crippen LogP contribution in [0.2, 0.25) is 0 Å². The maximum Gasteiger partial charge on any atom is 0.229 e. The molecule has 0 amide bonds. The van der Waals surface area contributed by atoms with Crippen LogP contribution in [0.4, 0.5) is 21.8 Å². The first-order valence-corrected chi connectivity index (χ1v) is 7.76. The van der Waals surface area contributed by atoms with E-state index in [2.05, 4.69) is 34.0 Å². The second kappa shape index (κ2) is 6.60. The van der Waals surface area contributed by atoms with E-state index in [1.807, 2.05) is 24.3 Å². The molecule has 5 heteroatoms. The molecule has 0 bridgehead atoms. The van der Waals surface area contributed by atoms with Gasteiger partial charge in [-0.25, -0.2) is 9.37 Å². The highest BCUT2D eigenvalue weighted by Crippen LogP contribution is 2.26. The van der Waals surface area contributed by atoms with Crippen molar-refractivity contribution in [1.29, 1.82) is 0 Å². The summed E-state index contributed by atoms with van der Waals surface area (Å²) in [5, 5.41) is 3.98. The molecule has 1 N–H and O–H groups in total. The fourth-order valence-corrected chi connectivity index (χ4v) is 2.56. The molecule has 0 aliphatic heterocycles. The number of hydrogen-bond donors (Lipinski definition) is 1. The smallest absolute Gasteiger partial charge is 0.229 e. The third-order valence-corrected chi connectivity index (χ3v) is 3.77. The SMILES string of the molecule is CCN(CC)c1nc(Nc2ccccc2F)nc2ccccc12. The number of aromatic nitrogens is 2. The van der Waals surface area contributed by atoms with Crippen LogP contribution in [0.5, 0.6) is 0 Å². The van der Waals surface area contributed by atoms with E-state index >= 15 is 0 Å². The lowest BCUT2D eigenvalue weighted by atomic mass is 10.2. The summed E-state index contributed by atoms with van der Waals surface area (Å²) in [5.74, 6) is 0.934. The minimum absolute atomic E-state index is 0.325. The van der Waals surface area contributed by atoms with Gasteiger partial charge in [0.2, 0.25) is 5.95 Å². The van der Waals surface area contributed by atoms with E-state index in [0.717, 1.165) is 29.8 Å². The lowest BCUT2D eigenvalue weighted by Crippen LogP contribution is -2.23. The first-order valence-electron chi connectivity index (χ1n) is 7.76. The van der Waals surface area contributed by atoms with Crippen molar-refractivity contribution in [3.8, 4) is 0 Å². The monoisotopic (exact) mass is 310 g/mol. The van der Waals surface area contributed by atoms with E-state index in [1.54, 1.807) is 18.2 Å². The molecule has 2 aromatic carbocycles. The summed E-state index contributed by atoms with van der Waals surface area (Å²) in [4.78, 5) is 11.3. The van der Waals surface area contributed by atoms with Crippen LogP contribution in [0, 0.1) is 5.82 Å². The van der Waals surface area contributed by atoms with Crippen LogP contribution in [0.1, 0.15) is 13.8 Å². The van der Waals surface area contributed by atoms with Crippen molar-refractivity contribution >= 4 is 28.4 Å². The van der Waals surface area contributed by atoms with Crippen LogP contribution in [0.25, 0.3) is 10.9 Å². The van der Waals surface area contributed by atoms with Crippen LogP contribution in [0.15, 0.2) is 48.5 Å². The molecule has 3 aromatic rings. The molecule has 118 valence electrons. The van der Waals surface area contributed by atoms with Crippen molar-refractivity contribution in [1.82, 2.24) is 9.97 Å². The number of halogens is 1. The summed E-state index contributed by atoms with van der Waals surface area (Å²) in [7, 11) is 0. The number of anilines is 3. The van der Waals surface area contributed by atoms with Gasteiger partial charge in [0.15, 0.2) is 0 Å². The largest absolute Gasteiger partial charge is 0.356 e. The van der Waals surface area contributed by atoms with Gasteiger partial charge in [0.25, 0.3) is 0 Å². The Bertz CT molecular complexity index is 815. The van der Waals surface area contributed by atoms with E-state index in [1.165, 1.54) is 6.07 Å². The quantitative estimate of drug-likeness (QED) is 0.760. The summed E-state index contributed by atoms with van der Waals surface area (Å²) >= 11 is 0. The average molecular weight is 310 g/mol. The van der Waals surface area contributed by atoms with Crippen LogP contribution in [-0.2, 0) is 0 Å². The number of nitrogens with one attached hydrogen (secondary N) is 1. The fourth-order valence-electron chi connectivity index (χ4n) is 2.56. The third-order valence-electron chi connectivity index (χ3n) is 3.77. The Morgan fingerprint density at radius 1 is 0.957 bits per heavy atom. The molecule has 0 atom stereocenters. The Balaban J connectivity index is 2.09. The molecule has 0 aliphatic carbocycles. The predicted molar refractivity (Wildman–Crippen MR) is 92.8 cm³/mol. The summed E-state index contributed by atoms with van der Waals surface area (Å²) in [6.45, 7) is 5.86. The lowest BCUT2D eigenvalue weighted by Gasteiger charge is -2.22. The number of nitrogens with zero attached hydrogens (tertiary/aromatic N) is 3. The zero-order valence-corrected chi connectivity index (χ0v) is 13.3. The third kappa shape index (κ3) is 3.08. The fraction of sp³-hybridized carbons (Fsp3) is 0.222. The van der Waals surface area contributed by atoms with Crippen molar-refractivity contribution in [2.75, 3.05) is 23.3 Å². The van der Waals surface area contributed by atoms with Crippen LogP contribution < -0.4 is 10.2 Å². The molecule has 0 spiro atoms. The second-order valence-corrected chi connectivity index (χ2v) is 5.17. The van der Waals surface area contributed by atoms with Crippen LogP contribution >= 0.6 is 0 Å². The number of hydrogen-bond acceptors (Lipinski definition) is 4. The average Bonchev–Trinajstić information content (AvgIpc) is 2.58. The Labute approximate surface area is 135 Å². The minimum Gasteiger partial charge on any atom is -0.356 e. The number of rotatable bonds is 5. The van der Waals surface area contributed by atoms with Crippen molar-refractivity contribution in [3.63, 3.8) is 0 Å². The molecule has 0 fully saturated rings. The van der Waals surface area contributed by atoms with Gasteiger partial charge in [-0.1, -0.05) is 24.3 Å². The summed E-state index contributed by atoms with van der Waals surface area (Å²) in [6.07, 6.45) is 0. The number of para-hydroxylation sites is 2. The summed E-state index contributed by atoms with van der Waals surface area (Å²) in [6, 6.07) is 14.4. The highest BCUT2D eigenvalue weighted by molar-refractivity contribution is 5.90. The van der Waals surface area contributed by atoms with Gasteiger partial charge in [-0.05, 0) is 38.1 Å². The Hall–Kier alpha value is -2.69. The molecule has 3 rings (SSSR count). The molecule has 1 aromatic heterocycles.